The van der Waals surface area contributed by atoms with E-state index in [0.717, 1.165) is 38.1 Å². The molecule has 1 amide bonds. The second-order valence-corrected chi connectivity index (χ2v) is 6.23. The molecule has 1 saturated heterocycles. The predicted octanol–water partition coefficient (Wildman–Crippen LogP) is 1.13. The molecule has 2 fully saturated rings. The second kappa shape index (κ2) is 5.70. The summed E-state index contributed by atoms with van der Waals surface area (Å²) in [6, 6.07) is 0. The molecular weight excluding hydrogens is 284 g/mol. The lowest BCUT2D eigenvalue weighted by atomic mass is 9.84. The van der Waals surface area contributed by atoms with Crippen molar-refractivity contribution in [3.8, 4) is 0 Å². The van der Waals surface area contributed by atoms with Gasteiger partial charge in [-0.15, -0.1) is 10.2 Å². The largest absolute Gasteiger partial charge is 0.458 e. The number of nitrogens with zero attached hydrogens (tertiary/aromatic N) is 4. The average molecular weight is 306 g/mol. The fourth-order valence-corrected chi connectivity index (χ4v) is 3.65. The van der Waals surface area contributed by atoms with Gasteiger partial charge in [0.1, 0.15) is 11.9 Å². The zero-order chi connectivity index (χ0) is 15.7. The van der Waals surface area contributed by atoms with Gasteiger partial charge in [0.2, 0.25) is 5.91 Å². The number of hydrogen-bond donors (Lipinski definition) is 0. The first-order valence-corrected chi connectivity index (χ1v) is 7.89. The van der Waals surface area contributed by atoms with E-state index in [1.807, 2.05) is 11.5 Å². The number of esters is 1. The van der Waals surface area contributed by atoms with Crippen molar-refractivity contribution < 1.29 is 14.3 Å². The van der Waals surface area contributed by atoms with Gasteiger partial charge >= 0.3 is 5.97 Å². The molecule has 3 rings (SSSR count). The number of aromatic nitrogens is 3. The Morgan fingerprint density at radius 3 is 2.91 bits per heavy atom. The molecule has 1 aromatic rings. The van der Waals surface area contributed by atoms with Crippen LogP contribution in [0.3, 0.4) is 0 Å². The third-order valence-corrected chi connectivity index (χ3v) is 4.86. The normalized spacial score (nSPS) is 23.0. The number of aryl methyl sites for hydroxylation is 1. The first kappa shape index (κ1) is 15.0. The average Bonchev–Trinajstić information content (AvgIpc) is 3.20. The minimum absolute atomic E-state index is 0.0293. The van der Waals surface area contributed by atoms with Gasteiger partial charge < -0.3 is 14.2 Å². The minimum atomic E-state index is -0.555. The number of hydrogen-bond acceptors (Lipinski definition) is 5. The molecule has 22 heavy (non-hydrogen) atoms. The van der Waals surface area contributed by atoms with E-state index in [1.165, 1.54) is 0 Å². The third kappa shape index (κ3) is 2.48. The highest BCUT2D eigenvalue weighted by Crippen LogP contribution is 2.46. The fourth-order valence-electron chi connectivity index (χ4n) is 3.65. The summed E-state index contributed by atoms with van der Waals surface area (Å²) in [6.45, 7) is 3.17. The molecule has 120 valence electrons. The lowest BCUT2D eigenvalue weighted by molar-refractivity contribution is -0.151. The van der Waals surface area contributed by atoms with E-state index in [0.29, 0.717) is 6.54 Å². The van der Waals surface area contributed by atoms with Crippen molar-refractivity contribution in [3.05, 3.63) is 12.2 Å². The molecule has 1 aromatic heterocycles. The zero-order valence-electron chi connectivity index (χ0n) is 13.1. The predicted molar refractivity (Wildman–Crippen MR) is 77.6 cm³/mol. The van der Waals surface area contributed by atoms with E-state index in [-0.39, 0.29) is 24.2 Å². The van der Waals surface area contributed by atoms with Crippen LogP contribution >= 0.6 is 0 Å². The van der Waals surface area contributed by atoms with Crippen LogP contribution in [-0.4, -0.2) is 44.2 Å². The molecule has 0 unspecified atom stereocenters. The van der Waals surface area contributed by atoms with Crippen molar-refractivity contribution in [2.24, 2.45) is 5.92 Å². The summed E-state index contributed by atoms with van der Waals surface area (Å²) in [7, 11) is 1.75. The molecule has 0 aromatic carbocycles. The molecule has 0 radical (unpaired) electrons. The Balaban J connectivity index is 1.73. The van der Waals surface area contributed by atoms with Gasteiger partial charge in [0.15, 0.2) is 5.82 Å². The molecule has 2 heterocycles. The maximum Gasteiger partial charge on any atom is 0.307 e. The van der Waals surface area contributed by atoms with Crippen molar-refractivity contribution in [2.75, 3.05) is 7.05 Å². The van der Waals surface area contributed by atoms with Crippen LogP contribution in [0, 0.1) is 5.92 Å². The van der Waals surface area contributed by atoms with Gasteiger partial charge in [-0.05, 0) is 32.6 Å². The fraction of sp³-hybridized carbons (Fsp3) is 0.733. The van der Waals surface area contributed by atoms with Gasteiger partial charge in [-0.2, -0.15) is 0 Å². The highest BCUT2D eigenvalue weighted by molar-refractivity contribution is 5.87. The van der Waals surface area contributed by atoms with Crippen molar-refractivity contribution in [2.45, 2.75) is 57.7 Å². The van der Waals surface area contributed by atoms with Crippen molar-refractivity contribution >= 4 is 11.9 Å². The smallest absolute Gasteiger partial charge is 0.307 e. The van der Waals surface area contributed by atoms with Crippen molar-refractivity contribution in [1.29, 1.82) is 0 Å². The van der Waals surface area contributed by atoms with Crippen molar-refractivity contribution in [1.82, 2.24) is 19.7 Å². The first-order chi connectivity index (χ1) is 10.6. The summed E-state index contributed by atoms with van der Waals surface area (Å²) < 4.78 is 7.46. The molecule has 1 saturated carbocycles. The number of amides is 1. The van der Waals surface area contributed by atoms with Crippen LogP contribution in [0.15, 0.2) is 6.33 Å². The number of ether oxygens (including phenoxy) is 1. The molecule has 7 nitrogen and oxygen atoms in total. The highest BCUT2D eigenvalue weighted by Gasteiger charge is 2.54. The molecule has 1 aliphatic heterocycles. The van der Waals surface area contributed by atoms with Crippen molar-refractivity contribution in [3.63, 3.8) is 0 Å². The second-order valence-electron chi connectivity index (χ2n) is 6.23. The lowest BCUT2D eigenvalue weighted by Gasteiger charge is -2.30. The molecule has 7 heteroatoms. The van der Waals surface area contributed by atoms with E-state index in [9.17, 15) is 9.59 Å². The third-order valence-electron chi connectivity index (χ3n) is 4.86. The van der Waals surface area contributed by atoms with E-state index in [2.05, 4.69) is 10.2 Å². The molecule has 1 atom stereocenters. The maximum atomic E-state index is 12.8. The van der Waals surface area contributed by atoms with Crippen LogP contribution in [0.25, 0.3) is 0 Å². The van der Waals surface area contributed by atoms with E-state index >= 15 is 0 Å². The number of rotatable bonds is 4. The zero-order valence-corrected chi connectivity index (χ0v) is 13.1. The Hall–Kier alpha value is -1.92. The quantitative estimate of drug-likeness (QED) is 0.779. The van der Waals surface area contributed by atoms with Crippen LogP contribution in [0.2, 0.25) is 0 Å². The van der Waals surface area contributed by atoms with Gasteiger partial charge in [0.05, 0.1) is 18.9 Å². The van der Waals surface area contributed by atoms with Gasteiger partial charge in [-0.25, -0.2) is 0 Å². The highest BCUT2D eigenvalue weighted by atomic mass is 16.6. The Morgan fingerprint density at radius 1 is 1.50 bits per heavy atom. The van der Waals surface area contributed by atoms with Crippen LogP contribution in [-0.2, 0) is 27.4 Å². The van der Waals surface area contributed by atoms with Crippen LogP contribution in [0.4, 0.5) is 0 Å². The van der Waals surface area contributed by atoms with Gasteiger partial charge in [-0.3, -0.25) is 9.59 Å². The maximum absolute atomic E-state index is 12.8. The summed E-state index contributed by atoms with van der Waals surface area (Å²) in [5.41, 5.74) is -0.555. The monoisotopic (exact) mass is 306 g/mol. The van der Waals surface area contributed by atoms with E-state index < -0.39 is 5.60 Å². The summed E-state index contributed by atoms with van der Waals surface area (Å²) >= 11 is 0. The Kier molecular flexibility index (Phi) is 3.88. The van der Waals surface area contributed by atoms with Crippen LogP contribution < -0.4 is 0 Å². The minimum Gasteiger partial charge on any atom is -0.458 e. The summed E-state index contributed by atoms with van der Waals surface area (Å²) in [6.07, 6.45) is 5.50. The lowest BCUT2D eigenvalue weighted by Crippen LogP contribution is -2.43. The molecule has 0 N–H and O–H groups in total. The number of carbonyl (C=O) groups is 2. The van der Waals surface area contributed by atoms with Gasteiger partial charge in [0, 0.05) is 13.6 Å². The van der Waals surface area contributed by atoms with Crippen LogP contribution in [0.5, 0.6) is 0 Å². The number of carbonyl (C=O) groups excluding carboxylic acids is 2. The summed E-state index contributed by atoms with van der Waals surface area (Å²) in [5.74, 6) is 0.123. The molecule has 1 spiro atoms. The van der Waals surface area contributed by atoms with E-state index in [1.54, 1.807) is 18.3 Å². The Bertz CT molecular complexity index is 577. The molecule has 2 aliphatic rings. The summed E-state index contributed by atoms with van der Waals surface area (Å²) in [4.78, 5) is 26.2. The topological polar surface area (TPSA) is 77.3 Å². The van der Waals surface area contributed by atoms with Gasteiger partial charge in [0.25, 0.3) is 0 Å². The summed E-state index contributed by atoms with van der Waals surface area (Å²) in [5, 5.41) is 7.94. The molecule has 0 bridgehead atoms. The van der Waals surface area contributed by atoms with Gasteiger partial charge in [-0.1, -0.05) is 0 Å². The standard InChI is InChI=1S/C15H22N4O3/c1-3-19-10-16-17-12(19)9-18(2)14(21)11-8-13(20)22-15(11)6-4-5-7-15/h10-11H,3-9H2,1-2H3/t11-/m1/s1. The SMILES string of the molecule is CCn1cnnc1CN(C)C(=O)[C@H]1CC(=O)OC12CCCC2. The molecular formula is C15H22N4O3. The van der Waals surface area contributed by atoms with Crippen LogP contribution in [0.1, 0.15) is 44.9 Å². The Labute approximate surface area is 129 Å². The molecule has 1 aliphatic carbocycles. The first-order valence-electron chi connectivity index (χ1n) is 7.89. The Morgan fingerprint density at radius 2 is 2.23 bits per heavy atom. The van der Waals surface area contributed by atoms with E-state index in [4.69, 9.17) is 4.74 Å².